The highest BCUT2D eigenvalue weighted by atomic mass is 16.5. The summed E-state index contributed by atoms with van der Waals surface area (Å²) in [4.78, 5) is 9.42. The molecule has 5 rings (SSSR count). The number of rotatable bonds is 5. The fraction of sp³-hybridized carbons (Fsp3) is 0.280. The average Bonchev–Trinajstić information content (AvgIpc) is 3.24. The molecule has 0 aliphatic carbocycles. The maximum atomic E-state index is 5.21. The van der Waals surface area contributed by atoms with E-state index < -0.39 is 0 Å². The van der Waals surface area contributed by atoms with Gasteiger partial charge in [-0.1, -0.05) is 36.4 Å². The molecule has 1 aliphatic rings. The molecule has 0 unspecified atom stereocenters. The van der Waals surface area contributed by atoms with Crippen molar-refractivity contribution >= 4 is 16.7 Å². The number of piperazine rings is 1. The smallest absolute Gasteiger partial charge is 0.181 e. The minimum atomic E-state index is 0.611. The Morgan fingerprint density at radius 1 is 0.903 bits per heavy atom. The molecule has 1 fully saturated rings. The molecule has 0 amide bonds. The molecular weight excluding hydrogens is 386 g/mol. The van der Waals surface area contributed by atoms with Crippen molar-refractivity contribution in [1.82, 2.24) is 20.1 Å². The van der Waals surface area contributed by atoms with Gasteiger partial charge in [-0.05, 0) is 36.4 Å². The van der Waals surface area contributed by atoms with Crippen molar-refractivity contribution in [2.75, 3.05) is 45.2 Å². The molecule has 2 aromatic carbocycles. The summed E-state index contributed by atoms with van der Waals surface area (Å²) in [7, 11) is 3.89. The molecule has 158 valence electrons. The molecule has 6 heteroatoms. The van der Waals surface area contributed by atoms with Crippen LogP contribution in [0.3, 0.4) is 0 Å². The number of benzene rings is 2. The van der Waals surface area contributed by atoms with Gasteiger partial charge in [0.2, 0.25) is 0 Å². The van der Waals surface area contributed by atoms with Gasteiger partial charge in [0.15, 0.2) is 5.65 Å². The summed E-state index contributed by atoms with van der Waals surface area (Å²) in [5, 5.41) is 8.59. The number of aromatic nitrogens is 3. The second-order valence-corrected chi connectivity index (χ2v) is 8.16. The standard InChI is InChI=1S/C25H27N5O/c1-29-11-13-30(14-12-29)22-9-7-19(8-10-22)21-15-23-24(27-28-25(23)26-16-21)20-5-3-18(4-6-20)17-31-2/h3-10,15-16H,11-14,17H2,1-2H3,(H,26,27,28). The normalized spacial score (nSPS) is 15.0. The van der Waals surface area contributed by atoms with Crippen LogP contribution in [0.15, 0.2) is 60.8 Å². The summed E-state index contributed by atoms with van der Waals surface area (Å²) in [6.07, 6.45) is 1.90. The van der Waals surface area contributed by atoms with E-state index in [1.165, 1.54) is 5.69 Å². The predicted molar refractivity (Wildman–Crippen MR) is 125 cm³/mol. The summed E-state index contributed by atoms with van der Waals surface area (Å²) in [6.45, 7) is 4.98. The Hall–Kier alpha value is -3.22. The topological polar surface area (TPSA) is 57.3 Å². The van der Waals surface area contributed by atoms with Crippen molar-refractivity contribution in [2.45, 2.75) is 6.61 Å². The van der Waals surface area contributed by atoms with E-state index in [2.05, 4.69) is 86.6 Å². The third-order valence-corrected chi connectivity index (χ3v) is 6.03. The Labute approximate surface area is 182 Å². The number of pyridine rings is 1. The molecule has 0 saturated carbocycles. The number of nitrogens with zero attached hydrogens (tertiary/aromatic N) is 4. The van der Waals surface area contributed by atoms with Crippen molar-refractivity contribution in [3.8, 4) is 22.4 Å². The van der Waals surface area contributed by atoms with Gasteiger partial charge in [-0.2, -0.15) is 5.10 Å². The van der Waals surface area contributed by atoms with Gasteiger partial charge in [0, 0.05) is 61.7 Å². The van der Waals surface area contributed by atoms with Crippen LogP contribution in [0.4, 0.5) is 5.69 Å². The van der Waals surface area contributed by atoms with Crippen LogP contribution in [0.1, 0.15) is 5.56 Å². The van der Waals surface area contributed by atoms with Gasteiger partial charge in [0.05, 0.1) is 12.3 Å². The molecule has 3 heterocycles. The summed E-state index contributed by atoms with van der Waals surface area (Å²) < 4.78 is 5.21. The second-order valence-electron chi connectivity index (χ2n) is 8.16. The van der Waals surface area contributed by atoms with Crippen LogP contribution in [-0.2, 0) is 11.3 Å². The molecule has 1 N–H and O–H groups in total. The number of methoxy groups -OCH3 is 1. The zero-order valence-corrected chi connectivity index (χ0v) is 18.0. The zero-order chi connectivity index (χ0) is 21.2. The van der Waals surface area contributed by atoms with Gasteiger partial charge in [-0.25, -0.2) is 4.98 Å². The van der Waals surface area contributed by atoms with Gasteiger partial charge < -0.3 is 14.5 Å². The molecule has 0 atom stereocenters. The van der Waals surface area contributed by atoms with Crippen LogP contribution in [0.2, 0.25) is 0 Å². The van der Waals surface area contributed by atoms with Gasteiger partial charge >= 0.3 is 0 Å². The lowest BCUT2D eigenvalue weighted by molar-refractivity contribution is 0.185. The van der Waals surface area contributed by atoms with Crippen LogP contribution < -0.4 is 4.90 Å². The number of aromatic amines is 1. The highest BCUT2D eigenvalue weighted by Crippen LogP contribution is 2.30. The Morgan fingerprint density at radius 2 is 1.61 bits per heavy atom. The minimum Gasteiger partial charge on any atom is -0.380 e. The minimum absolute atomic E-state index is 0.611. The Balaban J connectivity index is 1.42. The molecule has 2 aromatic heterocycles. The first-order valence-corrected chi connectivity index (χ1v) is 10.7. The largest absolute Gasteiger partial charge is 0.380 e. The Morgan fingerprint density at radius 3 is 2.32 bits per heavy atom. The van der Waals surface area contributed by atoms with Crippen LogP contribution in [0.25, 0.3) is 33.4 Å². The molecular formula is C25H27N5O. The molecule has 0 spiro atoms. The lowest BCUT2D eigenvalue weighted by Gasteiger charge is -2.34. The van der Waals surface area contributed by atoms with Crippen LogP contribution in [0.5, 0.6) is 0 Å². The fourth-order valence-electron chi connectivity index (χ4n) is 4.14. The number of hydrogen-bond donors (Lipinski definition) is 1. The van der Waals surface area contributed by atoms with Gasteiger partial charge in [-0.15, -0.1) is 0 Å². The number of hydrogen-bond acceptors (Lipinski definition) is 5. The molecule has 31 heavy (non-hydrogen) atoms. The monoisotopic (exact) mass is 413 g/mol. The highest BCUT2D eigenvalue weighted by Gasteiger charge is 2.15. The third kappa shape index (κ3) is 4.04. The number of likely N-dealkylation sites (N-methyl/N-ethyl adjacent to an activating group) is 1. The maximum Gasteiger partial charge on any atom is 0.181 e. The summed E-state index contributed by atoms with van der Waals surface area (Å²) in [6, 6.07) is 19.4. The Bertz CT molecular complexity index is 1160. The quantitative estimate of drug-likeness (QED) is 0.532. The van der Waals surface area contributed by atoms with Gasteiger partial charge in [0.1, 0.15) is 0 Å². The molecule has 6 nitrogen and oxygen atoms in total. The van der Waals surface area contributed by atoms with Gasteiger partial charge in [0.25, 0.3) is 0 Å². The van der Waals surface area contributed by atoms with Crippen molar-refractivity contribution in [3.63, 3.8) is 0 Å². The van der Waals surface area contributed by atoms with E-state index in [1.807, 2.05) is 6.20 Å². The first-order chi connectivity index (χ1) is 15.2. The number of ether oxygens (including phenoxy) is 1. The fourth-order valence-corrected chi connectivity index (χ4v) is 4.14. The first kappa shape index (κ1) is 19.7. The summed E-state index contributed by atoms with van der Waals surface area (Å²) in [5.41, 5.74) is 7.49. The van der Waals surface area contributed by atoms with E-state index in [4.69, 9.17) is 4.74 Å². The third-order valence-electron chi connectivity index (χ3n) is 6.03. The van der Waals surface area contributed by atoms with Crippen molar-refractivity contribution < 1.29 is 4.74 Å². The molecule has 1 saturated heterocycles. The van der Waals surface area contributed by atoms with E-state index in [1.54, 1.807) is 7.11 Å². The lowest BCUT2D eigenvalue weighted by atomic mass is 10.0. The molecule has 0 bridgehead atoms. The average molecular weight is 414 g/mol. The predicted octanol–water partition coefficient (Wildman–Crippen LogP) is 4.19. The lowest BCUT2D eigenvalue weighted by Crippen LogP contribution is -2.44. The van der Waals surface area contributed by atoms with Crippen LogP contribution in [-0.4, -0.2) is 60.4 Å². The second kappa shape index (κ2) is 8.49. The summed E-state index contributed by atoms with van der Waals surface area (Å²) >= 11 is 0. The molecule has 0 radical (unpaired) electrons. The Kier molecular flexibility index (Phi) is 5.40. The SMILES string of the molecule is COCc1ccc(-c2[nH]nc3ncc(-c4ccc(N5CCN(C)CC5)cc4)cc23)cc1. The van der Waals surface area contributed by atoms with E-state index >= 15 is 0 Å². The van der Waals surface area contributed by atoms with Gasteiger partial charge in [-0.3, -0.25) is 5.10 Å². The zero-order valence-electron chi connectivity index (χ0n) is 18.0. The van der Waals surface area contributed by atoms with Crippen molar-refractivity contribution in [2.24, 2.45) is 0 Å². The van der Waals surface area contributed by atoms with Crippen molar-refractivity contribution in [3.05, 3.63) is 66.4 Å². The van der Waals surface area contributed by atoms with E-state index in [0.717, 1.165) is 65.2 Å². The first-order valence-electron chi connectivity index (χ1n) is 10.7. The number of fused-ring (bicyclic) bond motifs is 1. The number of H-pyrrole nitrogens is 1. The maximum absolute atomic E-state index is 5.21. The van der Waals surface area contributed by atoms with Crippen molar-refractivity contribution in [1.29, 1.82) is 0 Å². The van der Waals surface area contributed by atoms with Crippen LogP contribution in [0, 0.1) is 0 Å². The highest BCUT2D eigenvalue weighted by molar-refractivity contribution is 5.93. The summed E-state index contributed by atoms with van der Waals surface area (Å²) in [5.74, 6) is 0. The van der Waals surface area contributed by atoms with E-state index in [0.29, 0.717) is 6.61 Å². The van der Waals surface area contributed by atoms with Crippen LogP contribution >= 0.6 is 0 Å². The molecule has 1 aliphatic heterocycles. The van der Waals surface area contributed by atoms with E-state index in [-0.39, 0.29) is 0 Å². The number of nitrogens with one attached hydrogen (secondary N) is 1. The van der Waals surface area contributed by atoms with E-state index in [9.17, 15) is 0 Å². The molecule has 4 aromatic rings. The number of anilines is 1.